The van der Waals surface area contributed by atoms with Crippen molar-refractivity contribution in [1.82, 2.24) is 9.29 Å². The van der Waals surface area contributed by atoms with Crippen LogP contribution in [0.1, 0.15) is 36.0 Å². The first kappa shape index (κ1) is 22.4. The second kappa shape index (κ2) is 9.81. The van der Waals surface area contributed by atoms with E-state index in [-0.39, 0.29) is 5.91 Å². The summed E-state index contributed by atoms with van der Waals surface area (Å²) in [5.41, 5.74) is 1.88. The Bertz CT molecular complexity index is 1180. The van der Waals surface area contributed by atoms with E-state index in [0.29, 0.717) is 40.1 Å². The highest BCUT2D eigenvalue weighted by Crippen LogP contribution is 2.28. The third-order valence-electron chi connectivity index (χ3n) is 5.43. The molecule has 2 heterocycles. The number of hydrogen-bond acceptors (Lipinski definition) is 6. The van der Waals surface area contributed by atoms with Crippen molar-refractivity contribution >= 4 is 32.4 Å². The van der Waals surface area contributed by atoms with Gasteiger partial charge >= 0.3 is 0 Å². The molecular formula is C23H25N3O4S2. The molecule has 1 fully saturated rings. The number of para-hydroxylation sites is 1. The first-order chi connectivity index (χ1) is 15.5. The number of amides is 1. The number of rotatable bonds is 6. The number of hydrogen-bond donors (Lipinski definition) is 1. The standard InChI is InChI=1S/C23H25N3O4S2/c1-30-21-9-5-4-8-19(21)22(27)25-23-24-20(16-31-23)17-10-12-18(13-11-17)32(28,29)26-14-6-2-3-7-15-26/h4-5,8-13,16H,2-3,6-7,14-15H2,1H3,(H,24,25,27). The van der Waals surface area contributed by atoms with Crippen LogP contribution in [-0.2, 0) is 10.0 Å². The van der Waals surface area contributed by atoms with Gasteiger partial charge in [0.2, 0.25) is 10.0 Å². The summed E-state index contributed by atoms with van der Waals surface area (Å²) in [7, 11) is -1.97. The van der Waals surface area contributed by atoms with Crippen molar-refractivity contribution in [2.24, 2.45) is 0 Å². The molecule has 0 radical (unpaired) electrons. The molecule has 0 saturated carbocycles. The summed E-state index contributed by atoms with van der Waals surface area (Å²) in [5.74, 6) is 0.185. The van der Waals surface area contributed by atoms with Crippen molar-refractivity contribution in [2.75, 3.05) is 25.5 Å². The molecule has 3 aromatic rings. The van der Waals surface area contributed by atoms with Gasteiger partial charge in [0.1, 0.15) is 5.75 Å². The summed E-state index contributed by atoms with van der Waals surface area (Å²) in [6, 6.07) is 13.7. The van der Waals surface area contributed by atoms with Gasteiger partial charge in [0, 0.05) is 24.0 Å². The van der Waals surface area contributed by atoms with Gasteiger partial charge in [-0.05, 0) is 37.1 Å². The van der Waals surface area contributed by atoms with Crippen LogP contribution in [0.15, 0.2) is 58.8 Å². The van der Waals surface area contributed by atoms with Crippen LogP contribution in [0.2, 0.25) is 0 Å². The predicted molar refractivity (Wildman–Crippen MR) is 126 cm³/mol. The maximum atomic E-state index is 13.0. The number of thiazole rings is 1. The first-order valence-corrected chi connectivity index (χ1v) is 12.8. The van der Waals surface area contributed by atoms with E-state index in [9.17, 15) is 13.2 Å². The molecular weight excluding hydrogens is 446 g/mol. The minimum Gasteiger partial charge on any atom is -0.496 e. The Balaban J connectivity index is 1.48. The average Bonchev–Trinajstić information content (AvgIpc) is 3.09. The predicted octanol–water partition coefficient (Wildman–Crippen LogP) is 4.64. The number of nitrogens with one attached hydrogen (secondary N) is 1. The van der Waals surface area contributed by atoms with Crippen LogP contribution in [0, 0.1) is 0 Å². The number of nitrogens with zero attached hydrogens (tertiary/aromatic N) is 2. The van der Waals surface area contributed by atoms with E-state index < -0.39 is 10.0 Å². The SMILES string of the molecule is COc1ccccc1C(=O)Nc1nc(-c2ccc(S(=O)(=O)N3CCCCCC3)cc2)cs1. The monoisotopic (exact) mass is 471 g/mol. The Kier molecular flexibility index (Phi) is 6.88. The molecule has 2 aromatic carbocycles. The van der Waals surface area contributed by atoms with Crippen molar-refractivity contribution < 1.29 is 17.9 Å². The minimum atomic E-state index is -3.49. The van der Waals surface area contributed by atoms with Gasteiger partial charge in [-0.15, -0.1) is 11.3 Å². The molecule has 1 N–H and O–H groups in total. The smallest absolute Gasteiger partial charge is 0.261 e. The van der Waals surface area contributed by atoms with Gasteiger partial charge in [0.25, 0.3) is 5.91 Å². The highest BCUT2D eigenvalue weighted by molar-refractivity contribution is 7.89. The molecule has 1 aromatic heterocycles. The van der Waals surface area contributed by atoms with Crippen molar-refractivity contribution in [1.29, 1.82) is 0 Å². The summed E-state index contributed by atoms with van der Waals surface area (Å²) in [4.78, 5) is 17.3. The van der Waals surface area contributed by atoms with Crippen LogP contribution in [0.4, 0.5) is 5.13 Å². The molecule has 0 bridgehead atoms. The van der Waals surface area contributed by atoms with Crippen LogP contribution in [0.25, 0.3) is 11.3 Å². The fraction of sp³-hybridized carbons (Fsp3) is 0.304. The van der Waals surface area contributed by atoms with Gasteiger partial charge in [-0.1, -0.05) is 37.1 Å². The van der Waals surface area contributed by atoms with E-state index in [1.165, 1.54) is 18.4 Å². The van der Waals surface area contributed by atoms with Gasteiger partial charge in [-0.25, -0.2) is 13.4 Å². The molecule has 1 amide bonds. The molecule has 4 rings (SSSR count). The van der Waals surface area contributed by atoms with E-state index in [1.54, 1.807) is 52.8 Å². The Hall–Kier alpha value is -2.75. The molecule has 0 atom stereocenters. The molecule has 1 aliphatic rings. The Morgan fingerprint density at radius 2 is 1.72 bits per heavy atom. The third-order valence-corrected chi connectivity index (χ3v) is 8.10. The molecule has 0 spiro atoms. The Morgan fingerprint density at radius 1 is 1.03 bits per heavy atom. The number of aromatic nitrogens is 1. The van der Waals surface area contributed by atoms with E-state index in [0.717, 1.165) is 31.2 Å². The second-order valence-corrected chi connectivity index (χ2v) is 10.3. The quantitative estimate of drug-likeness (QED) is 0.566. The number of anilines is 1. The number of ether oxygens (including phenoxy) is 1. The zero-order chi connectivity index (χ0) is 22.6. The second-order valence-electron chi connectivity index (χ2n) is 7.53. The maximum absolute atomic E-state index is 13.0. The van der Waals surface area contributed by atoms with E-state index in [1.807, 2.05) is 5.38 Å². The summed E-state index contributed by atoms with van der Waals surface area (Å²) in [6.45, 7) is 1.15. The number of carbonyl (C=O) groups excluding carboxylic acids is 1. The molecule has 32 heavy (non-hydrogen) atoms. The van der Waals surface area contributed by atoms with Crippen LogP contribution in [0.5, 0.6) is 5.75 Å². The first-order valence-electron chi connectivity index (χ1n) is 10.5. The average molecular weight is 472 g/mol. The fourth-order valence-electron chi connectivity index (χ4n) is 3.69. The number of carbonyl (C=O) groups is 1. The molecule has 0 aliphatic carbocycles. The minimum absolute atomic E-state index is 0.295. The van der Waals surface area contributed by atoms with Gasteiger partial charge in [-0.3, -0.25) is 10.1 Å². The molecule has 7 nitrogen and oxygen atoms in total. The normalized spacial score (nSPS) is 15.2. The zero-order valence-corrected chi connectivity index (χ0v) is 19.4. The summed E-state index contributed by atoms with van der Waals surface area (Å²) in [5, 5.41) is 5.08. The Morgan fingerprint density at radius 3 is 2.41 bits per heavy atom. The summed E-state index contributed by atoms with van der Waals surface area (Å²) in [6.07, 6.45) is 3.95. The lowest BCUT2D eigenvalue weighted by Crippen LogP contribution is -2.31. The molecule has 9 heteroatoms. The zero-order valence-electron chi connectivity index (χ0n) is 17.8. The molecule has 0 unspecified atom stereocenters. The lowest BCUT2D eigenvalue weighted by atomic mass is 10.2. The molecule has 1 aliphatic heterocycles. The van der Waals surface area contributed by atoms with Gasteiger partial charge in [0.05, 0.1) is 23.3 Å². The van der Waals surface area contributed by atoms with E-state index in [4.69, 9.17) is 4.74 Å². The van der Waals surface area contributed by atoms with Crippen LogP contribution >= 0.6 is 11.3 Å². The fourth-order valence-corrected chi connectivity index (χ4v) is 5.92. The number of benzene rings is 2. The van der Waals surface area contributed by atoms with E-state index >= 15 is 0 Å². The maximum Gasteiger partial charge on any atom is 0.261 e. The van der Waals surface area contributed by atoms with Gasteiger partial charge in [0.15, 0.2) is 5.13 Å². The highest BCUT2D eigenvalue weighted by Gasteiger charge is 2.25. The van der Waals surface area contributed by atoms with Crippen LogP contribution in [-0.4, -0.2) is 43.8 Å². The number of methoxy groups -OCH3 is 1. The Labute approximate surface area is 192 Å². The van der Waals surface area contributed by atoms with Crippen molar-refractivity contribution in [3.05, 3.63) is 59.5 Å². The van der Waals surface area contributed by atoms with E-state index in [2.05, 4.69) is 10.3 Å². The van der Waals surface area contributed by atoms with Crippen LogP contribution < -0.4 is 10.1 Å². The highest BCUT2D eigenvalue weighted by atomic mass is 32.2. The van der Waals surface area contributed by atoms with Crippen molar-refractivity contribution in [3.63, 3.8) is 0 Å². The van der Waals surface area contributed by atoms with Crippen molar-refractivity contribution in [3.8, 4) is 17.0 Å². The summed E-state index contributed by atoms with van der Waals surface area (Å²) >= 11 is 1.31. The van der Waals surface area contributed by atoms with Gasteiger partial charge in [-0.2, -0.15) is 4.31 Å². The largest absolute Gasteiger partial charge is 0.496 e. The third kappa shape index (κ3) is 4.85. The van der Waals surface area contributed by atoms with Gasteiger partial charge < -0.3 is 4.74 Å². The van der Waals surface area contributed by atoms with Crippen molar-refractivity contribution in [2.45, 2.75) is 30.6 Å². The molecule has 1 saturated heterocycles. The lowest BCUT2D eigenvalue weighted by Gasteiger charge is -2.19. The van der Waals surface area contributed by atoms with Crippen LogP contribution in [0.3, 0.4) is 0 Å². The summed E-state index contributed by atoms with van der Waals surface area (Å²) < 4.78 is 32.7. The lowest BCUT2D eigenvalue weighted by molar-refractivity contribution is 0.102. The topological polar surface area (TPSA) is 88.6 Å². The number of sulfonamides is 1. The molecule has 168 valence electrons.